The van der Waals surface area contributed by atoms with Crippen molar-refractivity contribution < 1.29 is 9.47 Å². The minimum absolute atomic E-state index is 0.0730. The van der Waals surface area contributed by atoms with Crippen LogP contribution in [0, 0.1) is 0 Å². The van der Waals surface area contributed by atoms with Crippen molar-refractivity contribution in [1.29, 1.82) is 0 Å². The molecule has 0 bridgehead atoms. The molecule has 4 heteroatoms. The molecule has 4 nitrogen and oxygen atoms in total. The van der Waals surface area contributed by atoms with Crippen LogP contribution in [0.5, 0.6) is 11.5 Å². The van der Waals surface area contributed by atoms with Crippen LogP contribution in [0.4, 0.5) is 0 Å². The second-order valence-corrected chi connectivity index (χ2v) is 6.90. The molecule has 0 fully saturated rings. The first-order valence-corrected chi connectivity index (χ1v) is 9.26. The van der Waals surface area contributed by atoms with Crippen LogP contribution in [-0.4, -0.2) is 30.3 Å². The van der Waals surface area contributed by atoms with Gasteiger partial charge in [0, 0.05) is 30.9 Å². The highest BCUT2D eigenvalue weighted by Gasteiger charge is 2.25. The van der Waals surface area contributed by atoms with Crippen LogP contribution in [-0.2, 0) is 13.0 Å². The Labute approximate surface area is 160 Å². The van der Waals surface area contributed by atoms with E-state index >= 15 is 0 Å². The summed E-state index contributed by atoms with van der Waals surface area (Å²) < 4.78 is 11.6. The maximum Gasteiger partial charge on any atom is 0.153 e. The second-order valence-electron chi connectivity index (χ2n) is 6.90. The van der Waals surface area contributed by atoms with Crippen molar-refractivity contribution in [3.05, 3.63) is 78.1 Å². The van der Waals surface area contributed by atoms with Crippen LogP contribution >= 0.6 is 0 Å². The van der Waals surface area contributed by atoms with Crippen molar-refractivity contribution in [2.75, 3.05) is 14.2 Å². The summed E-state index contributed by atoms with van der Waals surface area (Å²) >= 11 is 0. The molecule has 1 unspecified atom stereocenters. The number of pyridine rings is 1. The smallest absolute Gasteiger partial charge is 0.153 e. The first kappa shape index (κ1) is 17.6. The molecule has 0 amide bonds. The number of fused-ring (bicyclic) bond motifs is 1. The Bertz CT molecular complexity index is 894. The topological polar surface area (TPSA) is 34.6 Å². The Morgan fingerprint density at radius 1 is 1.11 bits per heavy atom. The van der Waals surface area contributed by atoms with Gasteiger partial charge in [-0.1, -0.05) is 30.3 Å². The number of rotatable bonds is 5. The molecule has 138 valence electrons. The molecule has 1 aliphatic heterocycles. The van der Waals surface area contributed by atoms with Crippen LogP contribution in [0.3, 0.4) is 0 Å². The normalized spacial score (nSPS) is 15.9. The maximum absolute atomic E-state index is 6.35. The molecule has 1 aliphatic rings. The van der Waals surface area contributed by atoms with Crippen molar-refractivity contribution in [1.82, 2.24) is 9.88 Å². The monoisotopic (exact) mass is 360 g/mol. The van der Waals surface area contributed by atoms with Crippen LogP contribution in [0.25, 0.3) is 11.1 Å². The number of hydrogen-bond donors (Lipinski definition) is 0. The van der Waals surface area contributed by atoms with Crippen LogP contribution in [0.2, 0.25) is 0 Å². The van der Waals surface area contributed by atoms with E-state index in [4.69, 9.17) is 9.47 Å². The highest BCUT2D eigenvalue weighted by atomic mass is 16.5. The van der Waals surface area contributed by atoms with E-state index in [1.54, 1.807) is 13.3 Å². The summed E-state index contributed by atoms with van der Waals surface area (Å²) in [5.74, 6) is 1.86. The van der Waals surface area contributed by atoms with E-state index in [0.717, 1.165) is 30.9 Å². The van der Waals surface area contributed by atoms with Gasteiger partial charge in [-0.05, 0) is 54.4 Å². The minimum Gasteiger partial charge on any atom is -0.497 e. The Morgan fingerprint density at radius 2 is 1.96 bits per heavy atom. The number of aromatic nitrogens is 1. The van der Waals surface area contributed by atoms with E-state index < -0.39 is 0 Å². The van der Waals surface area contributed by atoms with E-state index in [9.17, 15) is 0 Å². The predicted molar refractivity (Wildman–Crippen MR) is 107 cm³/mol. The third-order valence-corrected chi connectivity index (χ3v) is 5.08. The number of hydrogen-bond acceptors (Lipinski definition) is 4. The largest absolute Gasteiger partial charge is 0.497 e. The minimum atomic E-state index is 0.0730. The van der Waals surface area contributed by atoms with E-state index in [1.165, 1.54) is 22.3 Å². The second kappa shape index (κ2) is 7.80. The number of nitrogens with zero attached hydrogens (tertiary/aromatic N) is 2. The van der Waals surface area contributed by atoms with E-state index in [0.29, 0.717) is 0 Å². The van der Waals surface area contributed by atoms with Crippen LogP contribution in [0.1, 0.15) is 17.5 Å². The fourth-order valence-electron chi connectivity index (χ4n) is 3.64. The van der Waals surface area contributed by atoms with Crippen LogP contribution < -0.4 is 9.47 Å². The number of benzene rings is 2. The maximum atomic E-state index is 6.35. The molecule has 0 N–H and O–H groups in total. The zero-order valence-electron chi connectivity index (χ0n) is 15.8. The van der Waals surface area contributed by atoms with Gasteiger partial charge in [0.05, 0.1) is 7.11 Å². The van der Waals surface area contributed by atoms with Gasteiger partial charge in [0.25, 0.3) is 0 Å². The van der Waals surface area contributed by atoms with Crippen molar-refractivity contribution in [2.24, 2.45) is 0 Å². The molecule has 0 saturated carbocycles. The van der Waals surface area contributed by atoms with Gasteiger partial charge >= 0.3 is 0 Å². The van der Waals surface area contributed by atoms with E-state index in [1.807, 2.05) is 24.4 Å². The third-order valence-electron chi connectivity index (χ3n) is 5.08. The lowest BCUT2D eigenvalue weighted by Crippen LogP contribution is -2.38. The molecule has 3 aromatic rings. The molecule has 2 aromatic carbocycles. The lowest BCUT2D eigenvalue weighted by atomic mass is 9.94. The summed E-state index contributed by atoms with van der Waals surface area (Å²) in [4.78, 5) is 6.45. The first-order valence-electron chi connectivity index (χ1n) is 9.26. The summed E-state index contributed by atoms with van der Waals surface area (Å²) in [6.07, 6.45) is 5.76. The van der Waals surface area contributed by atoms with Gasteiger partial charge in [-0.2, -0.15) is 0 Å². The lowest BCUT2D eigenvalue weighted by molar-refractivity contribution is 0.0227. The third kappa shape index (κ3) is 3.81. The van der Waals surface area contributed by atoms with E-state index in [-0.39, 0.29) is 6.23 Å². The van der Waals surface area contributed by atoms with Gasteiger partial charge in [-0.25, -0.2) is 0 Å². The number of methoxy groups -OCH3 is 1. The summed E-state index contributed by atoms with van der Waals surface area (Å²) in [5, 5.41) is 0. The van der Waals surface area contributed by atoms with Crippen molar-refractivity contribution in [3.8, 4) is 22.6 Å². The van der Waals surface area contributed by atoms with Crippen molar-refractivity contribution in [3.63, 3.8) is 0 Å². The van der Waals surface area contributed by atoms with Crippen molar-refractivity contribution in [2.45, 2.75) is 25.6 Å². The summed E-state index contributed by atoms with van der Waals surface area (Å²) in [6, 6.07) is 18.6. The number of ether oxygens (including phenoxy) is 2. The Hall–Kier alpha value is -2.85. The fraction of sp³-hybridized carbons (Fsp3) is 0.261. The standard InChI is InChI=1S/C23H24N2O2/c1-25(16-17-5-4-14-24-15-17)23-13-12-21-20(6-3-7-22(21)27-23)18-8-10-19(26-2)11-9-18/h3-11,14-15,23H,12-13,16H2,1-2H3. The van der Waals surface area contributed by atoms with Gasteiger partial charge in [0.2, 0.25) is 0 Å². The van der Waals surface area contributed by atoms with Gasteiger partial charge in [0.15, 0.2) is 6.23 Å². The first-order chi connectivity index (χ1) is 13.2. The van der Waals surface area contributed by atoms with Gasteiger partial charge in [-0.15, -0.1) is 0 Å². The fourth-order valence-corrected chi connectivity index (χ4v) is 3.64. The highest BCUT2D eigenvalue weighted by molar-refractivity contribution is 5.71. The molecule has 0 radical (unpaired) electrons. The molecular formula is C23H24N2O2. The van der Waals surface area contributed by atoms with Gasteiger partial charge in [0.1, 0.15) is 11.5 Å². The quantitative estimate of drug-likeness (QED) is 0.669. The molecule has 1 aromatic heterocycles. The zero-order chi connectivity index (χ0) is 18.6. The SMILES string of the molecule is COc1ccc(-c2cccc3c2CCC(N(C)Cc2cccnc2)O3)cc1. The van der Waals surface area contributed by atoms with Gasteiger partial charge in [-0.3, -0.25) is 9.88 Å². The average Bonchev–Trinajstić information content (AvgIpc) is 2.73. The Balaban J connectivity index is 1.53. The van der Waals surface area contributed by atoms with Gasteiger partial charge < -0.3 is 9.47 Å². The molecule has 0 saturated heterocycles. The van der Waals surface area contributed by atoms with E-state index in [2.05, 4.69) is 53.3 Å². The highest BCUT2D eigenvalue weighted by Crippen LogP contribution is 2.37. The average molecular weight is 360 g/mol. The summed E-state index contributed by atoms with van der Waals surface area (Å²) in [7, 11) is 3.80. The van der Waals surface area contributed by atoms with Crippen LogP contribution in [0.15, 0.2) is 67.0 Å². The molecule has 4 rings (SSSR count). The molecule has 1 atom stereocenters. The Morgan fingerprint density at radius 3 is 2.70 bits per heavy atom. The molecule has 2 heterocycles. The molecular weight excluding hydrogens is 336 g/mol. The summed E-state index contributed by atoms with van der Waals surface area (Å²) in [6.45, 7) is 0.825. The predicted octanol–water partition coefficient (Wildman–Crippen LogP) is 4.54. The molecule has 0 aliphatic carbocycles. The Kier molecular flexibility index (Phi) is 5.07. The molecule has 27 heavy (non-hydrogen) atoms. The molecule has 0 spiro atoms. The lowest BCUT2D eigenvalue weighted by Gasteiger charge is -2.33. The summed E-state index contributed by atoms with van der Waals surface area (Å²) in [5.41, 5.74) is 4.91. The van der Waals surface area contributed by atoms with Crippen molar-refractivity contribution >= 4 is 0 Å². The zero-order valence-corrected chi connectivity index (χ0v) is 15.8.